The second-order valence-electron chi connectivity index (χ2n) is 4.22. The molecular weight excluding hydrogens is 256 g/mol. The molecule has 3 heteroatoms. The Hall–Kier alpha value is -1.48. The van der Waals surface area contributed by atoms with Gasteiger partial charge in [0.05, 0.1) is 12.2 Å². The van der Waals surface area contributed by atoms with Gasteiger partial charge in [-0.3, -0.25) is 4.79 Å². The highest BCUT2D eigenvalue weighted by Crippen LogP contribution is 2.26. The molecule has 2 rings (SSSR count). The molecule has 0 atom stereocenters. The molecule has 0 heterocycles. The van der Waals surface area contributed by atoms with Crippen molar-refractivity contribution in [3.63, 3.8) is 0 Å². The predicted octanol–water partition coefficient (Wildman–Crippen LogP) is 4.17. The number of ether oxygens (including phenoxy) is 1. The minimum absolute atomic E-state index is 0.654. The molecule has 0 bridgehead atoms. The Morgan fingerprint density at radius 1 is 1.21 bits per heavy atom. The van der Waals surface area contributed by atoms with Crippen LogP contribution >= 0.6 is 11.8 Å². The van der Waals surface area contributed by atoms with E-state index in [1.54, 1.807) is 0 Å². The summed E-state index contributed by atoms with van der Waals surface area (Å²) in [5, 5.41) is 2.02. The Labute approximate surface area is 118 Å². The second-order valence-corrected chi connectivity index (χ2v) is 5.61. The molecule has 2 nitrogen and oxygen atoms in total. The van der Waals surface area contributed by atoms with Gasteiger partial charge in [0.1, 0.15) is 5.75 Å². The van der Waals surface area contributed by atoms with Crippen LogP contribution in [0.3, 0.4) is 0 Å². The number of carbonyl (C=O) groups excluding carboxylic acids is 1. The third-order valence-corrected chi connectivity index (χ3v) is 3.93. The molecule has 0 radical (unpaired) electrons. The summed E-state index contributed by atoms with van der Waals surface area (Å²) in [5.41, 5.74) is 0.654. The van der Waals surface area contributed by atoms with E-state index in [0.717, 1.165) is 35.0 Å². The first kappa shape index (κ1) is 13.9. The van der Waals surface area contributed by atoms with Crippen LogP contribution in [0, 0.1) is 0 Å². The van der Waals surface area contributed by atoms with E-state index in [2.05, 4.69) is 6.92 Å². The first-order chi connectivity index (χ1) is 9.36. The van der Waals surface area contributed by atoms with Crippen molar-refractivity contribution in [3.05, 3.63) is 42.0 Å². The molecule has 0 spiro atoms. The fourth-order valence-corrected chi connectivity index (χ4v) is 2.62. The quantitative estimate of drug-likeness (QED) is 0.560. The Morgan fingerprint density at radius 3 is 2.84 bits per heavy atom. The highest BCUT2D eigenvalue weighted by molar-refractivity contribution is 7.99. The zero-order valence-corrected chi connectivity index (χ0v) is 11.9. The van der Waals surface area contributed by atoms with E-state index in [9.17, 15) is 4.79 Å². The lowest BCUT2D eigenvalue weighted by Gasteiger charge is -2.10. The van der Waals surface area contributed by atoms with Gasteiger partial charge < -0.3 is 4.74 Å². The number of hydrogen-bond donors (Lipinski definition) is 0. The third-order valence-electron chi connectivity index (χ3n) is 2.94. The van der Waals surface area contributed by atoms with Crippen LogP contribution in [0.25, 0.3) is 10.8 Å². The third kappa shape index (κ3) is 3.51. The van der Waals surface area contributed by atoms with Gasteiger partial charge >= 0.3 is 0 Å². The van der Waals surface area contributed by atoms with E-state index in [1.165, 1.54) is 0 Å². The fraction of sp³-hybridized carbons (Fsp3) is 0.312. The molecule has 19 heavy (non-hydrogen) atoms. The number of fused-ring (bicyclic) bond motifs is 1. The van der Waals surface area contributed by atoms with Crippen molar-refractivity contribution in [1.29, 1.82) is 0 Å². The first-order valence-corrected chi connectivity index (χ1v) is 7.69. The molecule has 0 saturated carbocycles. The summed E-state index contributed by atoms with van der Waals surface area (Å²) in [4.78, 5) is 11.3. The lowest BCUT2D eigenvalue weighted by molar-refractivity contribution is 0.112. The van der Waals surface area contributed by atoms with Crippen LogP contribution in [-0.2, 0) is 0 Å². The summed E-state index contributed by atoms with van der Waals surface area (Å²) in [6.45, 7) is 2.81. The van der Waals surface area contributed by atoms with Crippen LogP contribution in [0.1, 0.15) is 23.7 Å². The van der Waals surface area contributed by atoms with Crippen molar-refractivity contribution >= 4 is 28.8 Å². The van der Waals surface area contributed by atoms with Crippen molar-refractivity contribution in [1.82, 2.24) is 0 Å². The summed E-state index contributed by atoms with van der Waals surface area (Å²) in [7, 11) is 0. The van der Waals surface area contributed by atoms with Crippen molar-refractivity contribution < 1.29 is 9.53 Å². The normalized spacial score (nSPS) is 10.6. The van der Waals surface area contributed by atoms with Gasteiger partial charge in [0.15, 0.2) is 6.29 Å². The molecule has 2 aromatic carbocycles. The van der Waals surface area contributed by atoms with Crippen LogP contribution in [0.15, 0.2) is 36.4 Å². The molecule has 2 aromatic rings. The standard InChI is InChI=1S/C16H18O2S/c1-2-19-11-5-10-18-16-9-8-13-6-3-4-7-14(13)15(16)12-17/h3-4,6-9,12H,2,5,10-11H2,1H3. The van der Waals surface area contributed by atoms with E-state index in [0.29, 0.717) is 17.9 Å². The molecule has 0 aromatic heterocycles. The van der Waals surface area contributed by atoms with Crippen molar-refractivity contribution in [2.45, 2.75) is 13.3 Å². The van der Waals surface area contributed by atoms with Crippen molar-refractivity contribution in [2.75, 3.05) is 18.1 Å². The zero-order valence-electron chi connectivity index (χ0n) is 11.1. The van der Waals surface area contributed by atoms with Crippen molar-refractivity contribution in [2.24, 2.45) is 0 Å². The molecule has 0 aliphatic carbocycles. The van der Waals surface area contributed by atoms with Gasteiger partial charge in [0.2, 0.25) is 0 Å². The van der Waals surface area contributed by atoms with Crippen molar-refractivity contribution in [3.8, 4) is 5.75 Å². The van der Waals surface area contributed by atoms with Crippen LogP contribution in [0.5, 0.6) is 5.75 Å². The van der Waals surface area contributed by atoms with E-state index < -0.39 is 0 Å². The maximum Gasteiger partial charge on any atom is 0.154 e. The Bertz CT molecular complexity index is 551. The van der Waals surface area contributed by atoms with Gasteiger partial charge in [0.25, 0.3) is 0 Å². The SMILES string of the molecule is CCSCCCOc1ccc2ccccc2c1C=O. The molecule has 0 aliphatic rings. The molecular formula is C16H18O2S. The number of hydrogen-bond acceptors (Lipinski definition) is 3. The number of carbonyl (C=O) groups is 1. The van der Waals surface area contributed by atoms with Crippen LogP contribution in [0.4, 0.5) is 0 Å². The van der Waals surface area contributed by atoms with Gasteiger partial charge in [-0.1, -0.05) is 37.3 Å². The predicted molar refractivity (Wildman–Crippen MR) is 82.4 cm³/mol. The topological polar surface area (TPSA) is 26.3 Å². The maximum atomic E-state index is 11.3. The lowest BCUT2D eigenvalue weighted by atomic mass is 10.0. The van der Waals surface area contributed by atoms with E-state index in [1.807, 2.05) is 48.2 Å². The smallest absolute Gasteiger partial charge is 0.154 e. The van der Waals surface area contributed by atoms with Gasteiger partial charge in [0, 0.05) is 0 Å². The first-order valence-electron chi connectivity index (χ1n) is 6.54. The van der Waals surface area contributed by atoms with E-state index in [-0.39, 0.29) is 0 Å². The summed E-state index contributed by atoms with van der Waals surface area (Å²) < 4.78 is 5.74. The number of thioether (sulfide) groups is 1. The summed E-state index contributed by atoms with van der Waals surface area (Å²) in [5.74, 6) is 2.92. The molecule has 100 valence electrons. The van der Waals surface area contributed by atoms with Crippen LogP contribution in [-0.4, -0.2) is 24.4 Å². The van der Waals surface area contributed by atoms with E-state index >= 15 is 0 Å². The summed E-state index contributed by atoms with van der Waals surface area (Å²) in [6, 6.07) is 11.8. The second kappa shape index (κ2) is 7.19. The van der Waals surface area contributed by atoms with Gasteiger partial charge in [-0.15, -0.1) is 0 Å². The summed E-state index contributed by atoms with van der Waals surface area (Å²) >= 11 is 1.91. The average molecular weight is 274 g/mol. The average Bonchev–Trinajstić information content (AvgIpc) is 2.46. The maximum absolute atomic E-state index is 11.3. The van der Waals surface area contributed by atoms with Gasteiger partial charge in [-0.2, -0.15) is 11.8 Å². The fourth-order valence-electron chi connectivity index (χ4n) is 2.01. The summed E-state index contributed by atoms with van der Waals surface area (Å²) in [6.07, 6.45) is 1.89. The monoisotopic (exact) mass is 274 g/mol. The molecule has 0 fully saturated rings. The minimum Gasteiger partial charge on any atom is -0.493 e. The van der Waals surface area contributed by atoms with E-state index in [4.69, 9.17) is 4.74 Å². The molecule has 0 saturated heterocycles. The highest BCUT2D eigenvalue weighted by atomic mass is 32.2. The number of aldehydes is 1. The number of rotatable bonds is 7. The van der Waals surface area contributed by atoms with Crippen LogP contribution < -0.4 is 4.74 Å². The highest BCUT2D eigenvalue weighted by Gasteiger charge is 2.07. The van der Waals surface area contributed by atoms with Gasteiger partial charge in [-0.05, 0) is 34.8 Å². The van der Waals surface area contributed by atoms with Gasteiger partial charge in [-0.25, -0.2) is 0 Å². The molecule has 0 amide bonds. The number of benzene rings is 2. The Morgan fingerprint density at radius 2 is 2.05 bits per heavy atom. The zero-order chi connectivity index (χ0) is 13.5. The van der Waals surface area contributed by atoms with Crippen LogP contribution in [0.2, 0.25) is 0 Å². The largest absolute Gasteiger partial charge is 0.493 e. The molecule has 0 aliphatic heterocycles. The molecule has 0 N–H and O–H groups in total. The Balaban J connectivity index is 2.12. The lowest BCUT2D eigenvalue weighted by Crippen LogP contribution is -2.01. The molecule has 0 unspecified atom stereocenters. The minimum atomic E-state index is 0.654. The Kier molecular flexibility index (Phi) is 5.28.